The summed E-state index contributed by atoms with van der Waals surface area (Å²) in [4.78, 5) is 0. The summed E-state index contributed by atoms with van der Waals surface area (Å²) in [6.45, 7) is 8.53. The minimum Gasteiger partial charge on any atom is -0.313 e. The smallest absolute Gasteiger partial charge is 0.0408 e. The molecule has 0 aliphatic carbocycles. The maximum atomic E-state index is 5.94. The standard InChI is InChI=1S/C14H23ClN2/c1-11(2)17-10-12(3)16-8-7-13-5-4-6-14(15)9-13/h4-6,9,11-12,16-17H,7-8,10H2,1-3H3. The Morgan fingerprint density at radius 2 is 1.94 bits per heavy atom. The lowest BCUT2D eigenvalue weighted by Crippen LogP contribution is -2.39. The maximum absolute atomic E-state index is 5.94. The molecule has 0 aliphatic heterocycles. The molecule has 1 atom stereocenters. The third kappa shape index (κ3) is 6.67. The zero-order valence-corrected chi connectivity index (χ0v) is 11.7. The Kier molecular flexibility index (Phi) is 6.56. The molecule has 96 valence electrons. The molecule has 1 aromatic carbocycles. The molecular formula is C14H23ClN2. The van der Waals surface area contributed by atoms with Crippen molar-refractivity contribution in [3.63, 3.8) is 0 Å². The first kappa shape index (κ1) is 14.5. The number of rotatable bonds is 7. The molecule has 0 aliphatic rings. The fourth-order valence-corrected chi connectivity index (χ4v) is 1.85. The van der Waals surface area contributed by atoms with E-state index in [9.17, 15) is 0 Å². The minimum absolute atomic E-state index is 0.497. The van der Waals surface area contributed by atoms with Crippen molar-refractivity contribution in [2.45, 2.75) is 39.3 Å². The van der Waals surface area contributed by atoms with Crippen LogP contribution in [0.4, 0.5) is 0 Å². The van der Waals surface area contributed by atoms with Gasteiger partial charge in [0.1, 0.15) is 0 Å². The molecule has 17 heavy (non-hydrogen) atoms. The molecule has 0 spiro atoms. The van der Waals surface area contributed by atoms with Crippen molar-refractivity contribution in [3.8, 4) is 0 Å². The Balaban J connectivity index is 2.19. The monoisotopic (exact) mass is 254 g/mol. The van der Waals surface area contributed by atoms with E-state index in [4.69, 9.17) is 11.6 Å². The van der Waals surface area contributed by atoms with Crippen LogP contribution in [0.25, 0.3) is 0 Å². The van der Waals surface area contributed by atoms with E-state index in [1.54, 1.807) is 0 Å². The normalized spacial score (nSPS) is 13.0. The quantitative estimate of drug-likeness (QED) is 0.782. The Bertz CT molecular complexity index is 326. The molecule has 1 unspecified atom stereocenters. The van der Waals surface area contributed by atoms with Gasteiger partial charge in [0.2, 0.25) is 0 Å². The van der Waals surface area contributed by atoms with E-state index < -0.39 is 0 Å². The van der Waals surface area contributed by atoms with E-state index >= 15 is 0 Å². The summed E-state index contributed by atoms with van der Waals surface area (Å²) >= 11 is 5.94. The molecule has 0 fully saturated rings. The van der Waals surface area contributed by atoms with Crippen LogP contribution in [0.3, 0.4) is 0 Å². The average Bonchev–Trinajstić information content (AvgIpc) is 2.26. The van der Waals surface area contributed by atoms with Gasteiger partial charge in [-0.25, -0.2) is 0 Å². The van der Waals surface area contributed by atoms with Gasteiger partial charge in [-0.1, -0.05) is 37.6 Å². The summed E-state index contributed by atoms with van der Waals surface area (Å²) < 4.78 is 0. The van der Waals surface area contributed by atoms with Gasteiger partial charge in [0.15, 0.2) is 0 Å². The van der Waals surface area contributed by atoms with Crippen LogP contribution in [0, 0.1) is 0 Å². The van der Waals surface area contributed by atoms with Gasteiger partial charge in [-0.15, -0.1) is 0 Å². The molecule has 1 rings (SSSR count). The molecule has 1 aromatic rings. The van der Waals surface area contributed by atoms with E-state index in [1.807, 2.05) is 18.2 Å². The molecule has 2 N–H and O–H groups in total. The summed E-state index contributed by atoms with van der Waals surface area (Å²) in [5.74, 6) is 0. The van der Waals surface area contributed by atoms with E-state index in [1.165, 1.54) is 5.56 Å². The van der Waals surface area contributed by atoms with Gasteiger partial charge in [0.25, 0.3) is 0 Å². The lowest BCUT2D eigenvalue weighted by molar-refractivity contribution is 0.477. The van der Waals surface area contributed by atoms with Crippen LogP contribution < -0.4 is 10.6 Å². The van der Waals surface area contributed by atoms with Gasteiger partial charge in [-0.3, -0.25) is 0 Å². The van der Waals surface area contributed by atoms with Crippen molar-refractivity contribution in [1.82, 2.24) is 10.6 Å². The molecule has 0 aromatic heterocycles. The first-order valence-electron chi connectivity index (χ1n) is 6.29. The highest BCUT2D eigenvalue weighted by atomic mass is 35.5. The molecule has 0 radical (unpaired) electrons. The number of halogens is 1. The zero-order valence-electron chi connectivity index (χ0n) is 11.0. The highest BCUT2D eigenvalue weighted by Gasteiger charge is 2.02. The van der Waals surface area contributed by atoms with Gasteiger partial charge in [-0.2, -0.15) is 0 Å². The van der Waals surface area contributed by atoms with Crippen molar-refractivity contribution < 1.29 is 0 Å². The van der Waals surface area contributed by atoms with E-state index in [2.05, 4.69) is 37.5 Å². The van der Waals surface area contributed by atoms with Gasteiger partial charge in [0, 0.05) is 23.7 Å². The summed E-state index contributed by atoms with van der Waals surface area (Å²) in [6.07, 6.45) is 1.02. The molecule has 0 saturated heterocycles. The predicted molar refractivity (Wildman–Crippen MR) is 75.8 cm³/mol. The highest BCUT2D eigenvalue weighted by Crippen LogP contribution is 2.10. The third-order valence-corrected chi connectivity index (χ3v) is 2.86. The molecule has 3 heteroatoms. The Hall–Kier alpha value is -0.570. The fourth-order valence-electron chi connectivity index (χ4n) is 1.64. The Labute approximate surface area is 110 Å². The summed E-state index contributed by atoms with van der Waals surface area (Å²) in [5, 5.41) is 7.74. The number of hydrogen-bond acceptors (Lipinski definition) is 2. The molecule has 0 saturated carbocycles. The fraction of sp³-hybridized carbons (Fsp3) is 0.571. The SMILES string of the molecule is CC(C)NCC(C)NCCc1cccc(Cl)c1. The highest BCUT2D eigenvalue weighted by molar-refractivity contribution is 6.30. The molecule has 0 bridgehead atoms. The minimum atomic E-state index is 0.497. The number of nitrogens with one attached hydrogen (secondary N) is 2. The predicted octanol–water partition coefficient (Wildman–Crippen LogP) is 2.86. The van der Waals surface area contributed by atoms with Crippen molar-refractivity contribution >= 4 is 11.6 Å². The summed E-state index contributed by atoms with van der Waals surface area (Å²) in [5.41, 5.74) is 1.29. The second-order valence-corrected chi connectivity index (χ2v) is 5.23. The van der Waals surface area contributed by atoms with Crippen LogP contribution in [-0.2, 0) is 6.42 Å². The summed E-state index contributed by atoms with van der Waals surface area (Å²) in [6, 6.07) is 9.10. The van der Waals surface area contributed by atoms with E-state index in [0.29, 0.717) is 12.1 Å². The Morgan fingerprint density at radius 3 is 2.59 bits per heavy atom. The van der Waals surface area contributed by atoms with Crippen LogP contribution in [0.5, 0.6) is 0 Å². The molecular weight excluding hydrogens is 232 g/mol. The van der Waals surface area contributed by atoms with Gasteiger partial charge in [-0.05, 0) is 37.6 Å². The van der Waals surface area contributed by atoms with Crippen molar-refractivity contribution in [2.75, 3.05) is 13.1 Å². The molecule has 2 nitrogen and oxygen atoms in total. The average molecular weight is 255 g/mol. The first-order chi connectivity index (χ1) is 8.08. The summed E-state index contributed by atoms with van der Waals surface area (Å²) in [7, 11) is 0. The van der Waals surface area contributed by atoms with Crippen LogP contribution in [-0.4, -0.2) is 25.2 Å². The van der Waals surface area contributed by atoms with Crippen LogP contribution in [0.2, 0.25) is 5.02 Å². The van der Waals surface area contributed by atoms with Crippen molar-refractivity contribution in [1.29, 1.82) is 0 Å². The number of benzene rings is 1. The second kappa shape index (κ2) is 7.70. The van der Waals surface area contributed by atoms with Crippen molar-refractivity contribution in [3.05, 3.63) is 34.9 Å². The first-order valence-corrected chi connectivity index (χ1v) is 6.67. The zero-order chi connectivity index (χ0) is 12.7. The van der Waals surface area contributed by atoms with Crippen LogP contribution in [0.15, 0.2) is 24.3 Å². The Morgan fingerprint density at radius 1 is 1.18 bits per heavy atom. The number of hydrogen-bond donors (Lipinski definition) is 2. The van der Waals surface area contributed by atoms with E-state index in [0.717, 1.165) is 24.5 Å². The molecule has 0 amide bonds. The van der Waals surface area contributed by atoms with Crippen LogP contribution in [0.1, 0.15) is 26.3 Å². The van der Waals surface area contributed by atoms with Gasteiger partial charge in [0.05, 0.1) is 0 Å². The molecule has 0 heterocycles. The lowest BCUT2D eigenvalue weighted by Gasteiger charge is -2.16. The largest absolute Gasteiger partial charge is 0.313 e. The topological polar surface area (TPSA) is 24.1 Å². The van der Waals surface area contributed by atoms with Gasteiger partial charge < -0.3 is 10.6 Å². The van der Waals surface area contributed by atoms with Crippen LogP contribution >= 0.6 is 11.6 Å². The second-order valence-electron chi connectivity index (χ2n) is 4.80. The van der Waals surface area contributed by atoms with Crippen molar-refractivity contribution in [2.24, 2.45) is 0 Å². The maximum Gasteiger partial charge on any atom is 0.0408 e. The lowest BCUT2D eigenvalue weighted by atomic mass is 10.1. The van der Waals surface area contributed by atoms with E-state index in [-0.39, 0.29) is 0 Å². The van der Waals surface area contributed by atoms with Gasteiger partial charge >= 0.3 is 0 Å². The third-order valence-electron chi connectivity index (χ3n) is 2.63.